The zero-order valence-corrected chi connectivity index (χ0v) is 9.46. The molecule has 0 amide bonds. The normalized spacial score (nSPS) is 30.7. The molecule has 3 nitrogen and oxygen atoms in total. The number of rotatable bonds is 2. The van der Waals surface area contributed by atoms with Gasteiger partial charge in [0.15, 0.2) is 0 Å². The summed E-state index contributed by atoms with van der Waals surface area (Å²) in [6.07, 6.45) is 5.32. The van der Waals surface area contributed by atoms with Crippen LogP contribution < -0.4 is 11.1 Å². The van der Waals surface area contributed by atoms with Gasteiger partial charge in [-0.05, 0) is 37.8 Å². The molecule has 3 N–H and O–H groups in total. The van der Waals surface area contributed by atoms with Crippen molar-refractivity contribution >= 4 is 5.82 Å². The summed E-state index contributed by atoms with van der Waals surface area (Å²) in [5.74, 6) is 0.691. The van der Waals surface area contributed by atoms with Crippen molar-refractivity contribution in [3.8, 4) is 0 Å². The maximum Gasteiger partial charge on any atom is 0.127 e. The standard InChI is InChI=1S/C12H19N3/c1-12(6-5-9(8-12)14-2)10-4-3-7-15-11(10)13/h3-4,7,9,14H,5-6,8H2,1-2H3,(H2,13,15). The Hall–Kier alpha value is -1.09. The highest BCUT2D eigenvalue weighted by atomic mass is 14.9. The number of hydrogen-bond acceptors (Lipinski definition) is 3. The predicted octanol–water partition coefficient (Wildman–Crippen LogP) is 1.69. The van der Waals surface area contributed by atoms with E-state index >= 15 is 0 Å². The van der Waals surface area contributed by atoms with Gasteiger partial charge in [0.2, 0.25) is 0 Å². The molecular formula is C12H19N3. The molecule has 2 rings (SSSR count). The molecule has 1 aliphatic rings. The number of hydrogen-bond donors (Lipinski definition) is 2. The van der Waals surface area contributed by atoms with Crippen LogP contribution in [-0.2, 0) is 5.41 Å². The monoisotopic (exact) mass is 205 g/mol. The summed E-state index contributed by atoms with van der Waals surface area (Å²) in [7, 11) is 2.03. The maximum atomic E-state index is 5.94. The zero-order chi connectivity index (χ0) is 10.9. The van der Waals surface area contributed by atoms with E-state index in [4.69, 9.17) is 5.73 Å². The minimum Gasteiger partial charge on any atom is -0.383 e. The van der Waals surface area contributed by atoms with E-state index in [1.54, 1.807) is 6.20 Å². The van der Waals surface area contributed by atoms with Crippen LogP contribution in [-0.4, -0.2) is 18.1 Å². The highest BCUT2D eigenvalue weighted by Gasteiger charge is 2.37. The van der Waals surface area contributed by atoms with Crippen LogP contribution in [0, 0.1) is 0 Å². The summed E-state index contributed by atoms with van der Waals surface area (Å²) in [4.78, 5) is 4.18. The molecule has 0 spiro atoms. The Morgan fingerprint density at radius 3 is 3.00 bits per heavy atom. The average molecular weight is 205 g/mol. The van der Waals surface area contributed by atoms with Gasteiger partial charge in [0.25, 0.3) is 0 Å². The first kappa shape index (κ1) is 10.4. The molecule has 1 aromatic rings. The lowest BCUT2D eigenvalue weighted by atomic mass is 9.81. The molecule has 1 fully saturated rings. The Labute approximate surface area is 91.1 Å². The molecular weight excluding hydrogens is 186 g/mol. The quantitative estimate of drug-likeness (QED) is 0.772. The first-order valence-electron chi connectivity index (χ1n) is 5.54. The summed E-state index contributed by atoms with van der Waals surface area (Å²) in [6, 6.07) is 4.71. The third-order valence-corrected chi connectivity index (χ3v) is 3.64. The van der Waals surface area contributed by atoms with Gasteiger partial charge < -0.3 is 11.1 Å². The molecule has 1 aliphatic carbocycles. The maximum absolute atomic E-state index is 5.94. The van der Waals surface area contributed by atoms with Crippen LogP contribution >= 0.6 is 0 Å². The van der Waals surface area contributed by atoms with Gasteiger partial charge in [-0.15, -0.1) is 0 Å². The Balaban J connectivity index is 2.27. The highest BCUT2D eigenvalue weighted by Crippen LogP contribution is 2.42. The summed E-state index contributed by atoms with van der Waals surface area (Å²) < 4.78 is 0. The van der Waals surface area contributed by atoms with E-state index < -0.39 is 0 Å². The lowest BCUT2D eigenvalue weighted by Gasteiger charge is -2.25. The number of anilines is 1. The van der Waals surface area contributed by atoms with Gasteiger partial charge in [-0.1, -0.05) is 13.0 Å². The van der Waals surface area contributed by atoms with E-state index in [2.05, 4.69) is 23.3 Å². The average Bonchev–Trinajstić information content (AvgIpc) is 2.62. The topological polar surface area (TPSA) is 50.9 Å². The van der Waals surface area contributed by atoms with E-state index in [1.807, 2.05) is 13.1 Å². The van der Waals surface area contributed by atoms with Crippen molar-refractivity contribution in [1.29, 1.82) is 0 Å². The van der Waals surface area contributed by atoms with Crippen LogP contribution in [0.4, 0.5) is 5.82 Å². The van der Waals surface area contributed by atoms with Gasteiger partial charge in [-0.3, -0.25) is 0 Å². The first-order valence-corrected chi connectivity index (χ1v) is 5.54. The molecule has 0 aliphatic heterocycles. The minimum absolute atomic E-state index is 0.200. The molecule has 82 valence electrons. The highest BCUT2D eigenvalue weighted by molar-refractivity contribution is 5.44. The number of nitrogens with zero attached hydrogens (tertiary/aromatic N) is 1. The van der Waals surface area contributed by atoms with Gasteiger partial charge in [0.1, 0.15) is 5.82 Å². The third-order valence-electron chi connectivity index (χ3n) is 3.64. The van der Waals surface area contributed by atoms with Crippen molar-refractivity contribution < 1.29 is 0 Å². The first-order chi connectivity index (χ1) is 7.15. The van der Waals surface area contributed by atoms with Crippen LogP contribution in [0.25, 0.3) is 0 Å². The summed E-state index contributed by atoms with van der Waals surface area (Å²) >= 11 is 0. The van der Waals surface area contributed by atoms with Crippen molar-refractivity contribution in [3.05, 3.63) is 23.9 Å². The third kappa shape index (κ3) is 1.84. The number of nitrogens with two attached hydrogens (primary N) is 1. The van der Waals surface area contributed by atoms with E-state index in [-0.39, 0.29) is 5.41 Å². The molecule has 2 atom stereocenters. The predicted molar refractivity (Wildman–Crippen MR) is 62.7 cm³/mol. The summed E-state index contributed by atoms with van der Waals surface area (Å²) in [5.41, 5.74) is 7.35. The second-order valence-electron chi connectivity index (χ2n) is 4.73. The molecule has 0 bridgehead atoms. The van der Waals surface area contributed by atoms with Gasteiger partial charge in [-0.25, -0.2) is 4.98 Å². The van der Waals surface area contributed by atoms with Crippen molar-refractivity contribution in [2.75, 3.05) is 12.8 Å². The second-order valence-corrected chi connectivity index (χ2v) is 4.73. The fourth-order valence-corrected chi connectivity index (χ4v) is 2.66. The Bertz CT molecular complexity index is 350. The molecule has 0 saturated heterocycles. The molecule has 15 heavy (non-hydrogen) atoms. The largest absolute Gasteiger partial charge is 0.383 e. The SMILES string of the molecule is CNC1CCC(C)(c2cccnc2N)C1. The van der Waals surface area contributed by atoms with E-state index in [9.17, 15) is 0 Å². The Kier molecular flexibility index (Phi) is 2.65. The Morgan fingerprint density at radius 2 is 2.40 bits per heavy atom. The van der Waals surface area contributed by atoms with Crippen LogP contribution in [0.1, 0.15) is 31.7 Å². The fourth-order valence-electron chi connectivity index (χ4n) is 2.66. The number of aromatic nitrogens is 1. The fraction of sp³-hybridized carbons (Fsp3) is 0.583. The zero-order valence-electron chi connectivity index (χ0n) is 9.46. The van der Waals surface area contributed by atoms with Gasteiger partial charge in [0.05, 0.1) is 0 Å². The van der Waals surface area contributed by atoms with Crippen LogP contribution in [0.5, 0.6) is 0 Å². The molecule has 0 aromatic carbocycles. The lowest BCUT2D eigenvalue weighted by molar-refractivity contribution is 0.467. The molecule has 2 unspecified atom stereocenters. The molecule has 0 radical (unpaired) electrons. The second kappa shape index (κ2) is 3.81. The molecule has 3 heteroatoms. The van der Waals surface area contributed by atoms with Crippen molar-refractivity contribution in [2.24, 2.45) is 0 Å². The van der Waals surface area contributed by atoms with Crippen LogP contribution in [0.15, 0.2) is 18.3 Å². The van der Waals surface area contributed by atoms with Gasteiger partial charge >= 0.3 is 0 Å². The van der Waals surface area contributed by atoms with Crippen LogP contribution in [0.3, 0.4) is 0 Å². The summed E-state index contributed by atoms with van der Waals surface area (Å²) in [6.45, 7) is 2.29. The van der Waals surface area contributed by atoms with Gasteiger partial charge in [0, 0.05) is 17.8 Å². The van der Waals surface area contributed by atoms with E-state index in [1.165, 1.54) is 18.4 Å². The van der Waals surface area contributed by atoms with Crippen LogP contribution in [0.2, 0.25) is 0 Å². The molecule has 1 aromatic heterocycles. The lowest BCUT2D eigenvalue weighted by Crippen LogP contribution is -2.26. The molecule has 1 saturated carbocycles. The van der Waals surface area contributed by atoms with E-state index in [0.29, 0.717) is 11.9 Å². The van der Waals surface area contributed by atoms with E-state index in [0.717, 1.165) is 6.42 Å². The minimum atomic E-state index is 0.200. The smallest absolute Gasteiger partial charge is 0.127 e. The number of nitrogen functional groups attached to an aromatic ring is 1. The van der Waals surface area contributed by atoms with Crippen molar-refractivity contribution in [1.82, 2.24) is 10.3 Å². The van der Waals surface area contributed by atoms with Crippen molar-refractivity contribution in [2.45, 2.75) is 37.6 Å². The Morgan fingerprint density at radius 1 is 1.60 bits per heavy atom. The number of nitrogens with one attached hydrogen (secondary N) is 1. The van der Waals surface area contributed by atoms with Gasteiger partial charge in [-0.2, -0.15) is 0 Å². The number of pyridine rings is 1. The molecule has 1 heterocycles. The summed E-state index contributed by atoms with van der Waals surface area (Å²) in [5, 5.41) is 3.35. The van der Waals surface area contributed by atoms with Crippen molar-refractivity contribution in [3.63, 3.8) is 0 Å².